The van der Waals surface area contributed by atoms with E-state index in [2.05, 4.69) is 10.6 Å². The molecule has 0 aliphatic carbocycles. The fourth-order valence-electron chi connectivity index (χ4n) is 3.19. The van der Waals surface area contributed by atoms with E-state index in [4.69, 9.17) is 9.47 Å². The van der Waals surface area contributed by atoms with Crippen molar-refractivity contribution in [3.05, 3.63) is 54.1 Å². The second-order valence-corrected chi connectivity index (χ2v) is 6.69. The van der Waals surface area contributed by atoms with E-state index in [1.54, 1.807) is 18.2 Å². The molecule has 0 bridgehead atoms. The Morgan fingerprint density at radius 2 is 1.80 bits per heavy atom. The number of nitrogens with one attached hydrogen (secondary N) is 2. The number of nitrogens with zero attached hydrogens (tertiary/aromatic N) is 1. The summed E-state index contributed by atoms with van der Waals surface area (Å²) in [6.07, 6.45) is 0.369. The number of benzene rings is 2. The van der Waals surface area contributed by atoms with Crippen LogP contribution in [0.2, 0.25) is 0 Å². The molecule has 0 saturated carbocycles. The Hall–Kier alpha value is -3.55. The summed E-state index contributed by atoms with van der Waals surface area (Å²) in [4.78, 5) is 38.4. The van der Waals surface area contributed by atoms with Crippen LogP contribution in [-0.2, 0) is 16.0 Å². The number of amides is 4. The number of hydrogen-bond acceptors (Lipinski definition) is 5. The minimum Gasteiger partial charge on any atom is -0.494 e. The van der Waals surface area contributed by atoms with Crippen molar-refractivity contribution in [2.45, 2.75) is 26.3 Å². The zero-order valence-electron chi connectivity index (χ0n) is 17.0. The third kappa shape index (κ3) is 5.08. The number of rotatable bonds is 9. The van der Waals surface area contributed by atoms with Crippen LogP contribution in [0.3, 0.4) is 0 Å². The van der Waals surface area contributed by atoms with Crippen LogP contribution in [0, 0.1) is 0 Å². The fourth-order valence-corrected chi connectivity index (χ4v) is 3.19. The fraction of sp³-hybridized carbons (Fsp3) is 0.318. The van der Waals surface area contributed by atoms with Crippen LogP contribution < -0.4 is 20.1 Å². The van der Waals surface area contributed by atoms with Crippen LogP contribution in [0.4, 0.5) is 10.5 Å². The van der Waals surface area contributed by atoms with Crippen molar-refractivity contribution >= 4 is 23.5 Å². The summed E-state index contributed by atoms with van der Waals surface area (Å²) in [7, 11) is 0. The van der Waals surface area contributed by atoms with Crippen LogP contribution in [0.15, 0.2) is 48.5 Å². The molecule has 1 saturated heterocycles. The Bertz CT molecular complexity index is 916. The van der Waals surface area contributed by atoms with E-state index in [9.17, 15) is 14.4 Å². The van der Waals surface area contributed by atoms with Crippen molar-refractivity contribution in [2.75, 3.05) is 25.1 Å². The van der Waals surface area contributed by atoms with Gasteiger partial charge in [0.1, 0.15) is 24.1 Å². The highest BCUT2D eigenvalue weighted by Crippen LogP contribution is 2.29. The Labute approximate surface area is 175 Å². The number of carbonyl (C=O) groups is 3. The molecule has 1 aliphatic rings. The lowest BCUT2D eigenvalue weighted by atomic mass is 10.1. The SMILES string of the molecule is CCOc1ccc(OCC)c(NC(=O)CN2C(=O)N[C@@H](Cc3ccccc3)C2=O)c1. The van der Waals surface area contributed by atoms with Crippen LogP contribution in [0.1, 0.15) is 19.4 Å². The number of urea groups is 1. The largest absolute Gasteiger partial charge is 0.494 e. The van der Waals surface area contributed by atoms with E-state index in [0.29, 0.717) is 36.8 Å². The maximum Gasteiger partial charge on any atom is 0.325 e. The van der Waals surface area contributed by atoms with Gasteiger partial charge in [0.2, 0.25) is 5.91 Å². The smallest absolute Gasteiger partial charge is 0.325 e. The first-order chi connectivity index (χ1) is 14.5. The minimum atomic E-state index is -0.687. The predicted octanol–water partition coefficient (Wildman–Crippen LogP) is 2.59. The average molecular weight is 411 g/mol. The van der Waals surface area contributed by atoms with Gasteiger partial charge in [-0.15, -0.1) is 0 Å². The van der Waals surface area contributed by atoms with Crippen LogP contribution in [0.5, 0.6) is 11.5 Å². The third-order valence-corrected chi connectivity index (χ3v) is 4.53. The molecular weight excluding hydrogens is 386 g/mol. The van der Waals surface area contributed by atoms with Gasteiger partial charge in [-0.05, 0) is 31.5 Å². The molecule has 2 N–H and O–H groups in total. The summed E-state index contributed by atoms with van der Waals surface area (Å²) in [6, 6.07) is 13.2. The molecule has 2 aromatic carbocycles. The van der Waals surface area contributed by atoms with Crippen LogP contribution >= 0.6 is 0 Å². The molecule has 0 unspecified atom stereocenters. The van der Waals surface area contributed by atoms with Crippen molar-refractivity contribution in [3.8, 4) is 11.5 Å². The van der Waals surface area contributed by atoms with Crippen molar-refractivity contribution < 1.29 is 23.9 Å². The highest BCUT2D eigenvalue weighted by atomic mass is 16.5. The van der Waals surface area contributed by atoms with E-state index in [1.165, 1.54) is 0 Å². The second kappa shape index (κ2) is 9.78. The topological polar surface area (TPSA) is 97.0 Å². The molecule has 1 aliphatic heterocycles. The normalized spacial score (nSPS) is 15.7. The van der Waals surface area contributed by atoms with Gasteiger partial charge in [0.05, 0.1) is 18.9 Å². The van der Waals surface area contributed by atoms with Gasteiger partial charge in [-0.1, -0.05) is 30.3 Å². The summed E-state index contributed by atoms with van der Waals surface area (Å²) in [5.74, 6) is 0.128. The Balaban J connectivity index is 1.66. The summed E-state index contributed by atoms with van der Waals surface area (Å²) in [5.41, 5.74) is 1.34. The highest BCUT2D eigenvalue weighted by Gasteiger charge is 2.38. The van der Waals surface area contributed by atoms with E-state index >= 15 is 0 Å². The van der Waals surface area contributed by atoms with Gasteiger partial charge in [0.15, 0.2) is 0 Å². The molecular formula is C22H25N3O5. The van der Waals surface area contributed by atoms with Gasteiger partial charge in [-0.2, -0.15) is 0 Å². The Morgan fingerprint density at radius 1 is 1.07 bits per heavy atom. The van der Waals surface area contributed by atoms with Gasteiger partial charge in [0, 0.05) is 12.5 Å². The molecule has 0 spiro atoms. The monoisotopic (exact) mass is 411 g/mol. The first-order valence-electron chi connectivity index (χ1n) is 9.87. The molecule has 1 heterocycles. The Morgan fingerprint density at radius 3 is 2.50 bits per heavy atom. The van der Waals surface area contributed by atoms with Crippen molar-refractivity contribution in [1.29, 1.82) is 0 Å². The third-order valence-electron chi connectivity index (χ3n) is 4.53. The van der Waals surface area contributed by atoms with Gasteiger partial charge in [-0.3, -0.25) is 14.5 Å². The average Bonchev–Trinajstić information content (AvgIpc) is 2.98. The number of carbonyl (C=O) groups excluding carboxylic acids is 3. The van der Waals surface area contributed by atoms with Gasteiger partial charge in [-0.25, -0.2) is 4.79 Å². The molecule has 0 aromatic heterocycles. The van der Waals surface area contributed by atoms with E-state index in [0.717, 1.165) is 10.5 Å². The molecule has 8 nitrogen and oxygen atoms in total. The molecule has 0 radical (unpaired) electrons. The molecule has 1 atom stereocenters. The Kier molecular flexibility index (Phi) is 6.90. The van der Waals surface area contributed by atoms with Gasteiger partial charge >= 0.3 is 6.03 Å². The summed E-state index contributed by atoms with van der Waals surface area (Å²) in [5, 5.41) is 5.35. The van der Waals surface area contributed by atoms with Crippen LogP contribution in [0.25, 0.3) is 0 Å². The van der Waals surface area contributed by atoms with Crippen LogP contribution in [-0.4, -0.2) is 48.5 Å². The van der Waals surface area contributed by atoms with E-state index in [1.807, 2.05) is 44.2 Å². The molecule has 30 heavy (non-hydrogen) atoms. The minimum absolute atomic E-state index is 0.369. The van der Waals surface area contributed by atoms with Gasteiger partial charge < -0.3 is 20.1 Å². The van der Waals surface area contributed by atoms with E-state index in [-0.39, 0.29) is 6.54 Å². The van der Waals surface area contributed by atoms with Crippen molar-refractivity contribution in [2.24, 2.45) is 0 Å². The number of imide groups is 1. The predicted molar refractivity (Wildman–Crippen MR) is 112 cm³/mol. The van der Waals surface area contributed by atoms with Gasteiger partial charge in [0.25, 0.3) is 5.91 Å². The number of hydrogen-bond donors (Lipinski definition) is 2. The highest BCUT2D eigenvalue weighted by molar-refractivity contribution is 6.08. The summed E-state index contributed by atoms with van der Waals surface area (Å²) in [6.45, 7) is 4.21. The molecule has 3 rings (SSSR count). The first-order valence-corrected chi connectivity index (χ1v) is 9.87. The maximum absolute atomic E-state index is 12.6. The lowest BCUT2D eigenvalue weighted by molar-refractivity contribution is -0.130. The lowest BCUT2D eigenvalue weighted by Gasteiger charge is -2.16. The molecule has 8 heteroatoms. The number of anilines is 1. The lowest BCUT2D eigenvalue weighted by Crippen LogP contribution is -2.38. The molecule has 4 amide bonds. The quantitative estimate of drug-likeness (QED) is 0.618. The van der Waals surface area contributed by atoms with Crippen molar-refractivity contribution in [3.63, 3.8) is 0 Å². The standard InChI is InChI=1S/C22H25N3O5/c1-3-29-16-10-11-19(30-4-2)17(13-16)23-20(26)14-25-21(27)18(24-22(25)28)12-15-8-6-5-7-9-15/h5-11,13,18H,3-4,12,14H2,1-2H3,(H,23,26)(H,24,28)/t18-/m0/s1. The second-order valence-electron chi connectivity index (χ2n) is 6.69. The summed E-state index contributed by atoms with van der Waals surface area (Å²) >= 11 is 0. The zero-order chi connectivity index (χ0) is 21.5. The summed E-state index contributed by atoms with van der Waals surface area (Å²) < 4.78 is 11.0. The van der Waals surface area contributed by atoms with Crippen molar-refractivity contribution in [1.82, 2.24) is 10.2 Å². The maximum atomic E-state index is 12.6. The first kappa shape index (κ1) is 21.2. The zero-order valence-corrected chi connectivity index (χ0v) is 17.0. The molecule has 1 fully saturated rings. The molecule has 2 aromatic rings. The number of ether oxygens (including phenoxy) is 2. The molecule has 158 valence electrons. The van der Waals surface area contributed by atoms with E-state index < -0.39 is 23.9 Å².